The standard InChI is InChI=1S/C13H20N4O2/c1-9-11(16-19-15-9)8-17(2)12(18)10-7-13(10)3-5-14-6-4-13/h10,14H,3-8H2,1-2H3/t10-/m0/s1. The molecule has 6 heteroatoms. The highest BCUT2D eigenvalue weighted by Gasteiger charge is 2.58. The van der Waals surface area contributed by atoms with E-state index in [1.807, 2.05) is 14.0 Å². The smallest absolute Gasteiger partial charge is 0.226 e. The first kappa shape index (κ1) is 12.6. The van der Waals surface area contributed by atoms with E-state index in [0.717, 1.165) is 43.7 Å². The number of carbonyl (C=O) groups is 1. The third-order valence-electron chi connectivity index (χ3n) is 4.60. The summed E-state index contributed by atoms with van der Waals surface area (Å²) in [6.07, 6.45) is 3.30. The lowest BCUT2D eigenvalue weighted by Crippen LogP contribution is -2.34. The van der Waals surface area contributed by atoms with E-state index in [-0.39, 0.29) is 17.2 Å². The Bertz CT molecular complexity index is 479. The Kier molecular flexibility index (Phi) is 3.05. The molecule has 3 rings (SSSR count). The summed E-state index contributed by atoms with van der Waals surface area (Å²) in [5, 5.41) is 10.9. The Balaban J connectivity index is 1.60. The van der Waals surface area contributed by atoms with Crippen LogP contribution in [-0.4, -0.2) is 41.3 Å². The highest BCUT2D eigenvalue weighted by molar-refractivity contribution is 5.82. The quantitative estimate of drug-likeness (QED) is 0.871. The van der Waals surface area contributed by atoms with Gasteiger partial charge >= 0.3 is 0 Å². The van der Waals surface area contributed by atoms with Crippen molar-refractivity contribution in [2.75, 3.05) is 20.1 Å². The first-order chi connectivity index (χ1) is 9.12. The van der Waals surface area contributed by atoms with E-state index in [1.54, 1.807) is 4.90 Å². The second-order valence-corrected chi connectivity index (χ2v) is 5.86. The zero-order valence-electron chi connectivity index (χ0n) is 11.5. The number of aryl methyl sites for hydroxylation is 1. The molecule has 2 fully saturated rings. The van der Waals surface area contributed by atoms with Gasteiger partial charge in [0, 0.05) is 13.0 Å². The highest BCUT2D eigenvalue weighted by atomic mass is 16.6. The number of hydrogen-bond acceptors (Lipinski definition) is 5. The molecule has 1 atom stereocenters. The summed E-state index contributed by atoms with van der Waals surface area (Å²) in [6, 6.07) is 0. The summed E-state index contributed by atoms with van der Waals surface area (Å²) >= 11 is 0. The lowest BCUT2D eigenvalue weighted by molar-refractivity contribution is -0.132. The van der Waals surface area contributed by atoms with E-state index in [1.165, 1.54) is 0 Å². The molecule has 1 aromatic rings. The van der Waals surface area contributed by atoms with Crippen molar-refractivity contribution >= 4 is 5.91 Å². The van der Waals surface area contributed by atoms with Crippen molar-refractivity contribution in [1.29, 1.82) is 0 Å². The van der Waals surface area contributed by atoms with Crippen LogP contribution in [0.15, 0.2) is 4.63 Å². The van der Waals surface area contributed by atoms with Gasteiger partial charge in [0.25, 0.3) is 0 Å². The lowest BCUT2D eigenvalue weighted by atomic mass is 9.91. The summed E-state index contributed by atoms with van der Waals surface area (Å²) in [6.45, 7) is 4.41. The predicted molar refractivity (Wildman–Crippen MR) is 68.2 cm³/mol. The van der Waals surface area contributed by atoms with Gasteiger partial charge in [0.1, 0.15) is 11.4 Å². The van der Waals surface area contributed by atoms with Crippen LogP contribution >= 0.6 is 0 Å². The Morgan fingerprint density at radius 1 is 1.47 bits per heavy atom. The Morgan fingerprint density at radius 2 is 2.21 bits per heavy atom. The molecule has 1 spiro atoms. The molecule has 19 heavy (non-hydrogen) atoms. The zero-order valence-corrected chi connectivity index (χ0v) is 11.5. The number of hydrogen-bond donors (Lipinski definition) is 1. The molecule has 0 unspecified atom stereocenters. The highest BCUT2D eigenvalue weighted by Crippen LogP contribution is 2.59. The van der Waals surface area contributed by atoms with Gasteiger partial charge in [-0.05, 0) is 44.7 Å². The third-order valence-corrected chi connectivity index (χ3v) is 4.60. The van der Waals surface area contributed by atoms with E-state index in [4.69, 9.17) is 0 Å². The maximum Gasteiger partial charge on any atom is 0.226 e. The van der Waals surface area contributed by atoms with E-state index in [2.05, 4.69) is 20.3 Å². The topological polar surface area (TPSA) is 71.3 Å². The number of aromatic nitrogens is 2. The van der Waals surface area contributed by atoms with Gasteiger partial charge in [0.15, 0.2) is 0 Å². The maximum absolute atomic E-state index is 12.4. The van der Waals surface area contributed by atoms with Gasteiger partial charge in [-0.2, -0.15) is 0 Å². The molecule has 1 saturated carbocycles. The number of piperidine rings is 1. The largest absolute Gasteiger partial charge is 0.339 e. The van der Waals surface area contributed by atoms with Crippen molar-refractivity contribution < 1.29 is 9.42 Å². The Hall–Kier alpha value is -1.43. The molecule has 1 aromatic heterocycles. The zero-order chi connectivity index (χ0) is 13.5. The SMILES string of the molecule is Cc1nonc1CN(C)C(=O)[C@@H]1CC12CCNCC2. The first-order valence-corrected chi connectivity index (χ1v) is 6.86. The number of amides is 1. The molecule has 0 radical (unpaired) electrons. The number of rotatable bonds is 3. The van der Waals surface area contributed by atoms with Crippen LogP contribution in [0.3, 0.4) is 0 Å². The van der Waals surface area contributed by atoms with Gasteiger partial charge in [0.2, 0.25) is 5.91 Å². The summed E-state index contributed by atoms with van der Waals surface area (Å²) in [7, 11) is 1.84. The van der Waals surface area contributed by atoms with Crippen LogP contribution in [-0.2, 0) is 11.3 Å². The summed E-state index contributed by atoms with van der Waals surface area (Å²) in [5.74, 6) is 0.448. The minimum absolute atomic E-state index is 0.208. The second-order valence-electron chi connectivity index (χ2n) is 5.86. The molecule has 0 aromatic carbocycles. The van der Waals surface area contributed by atoms with Crippen molar-refractivity contribution in [3.63, 3.8) is 0 Å². The van der Waals surface area contributed by atoms with Gasteiger partial charge in [-0.25, -0.2) is 4.63 Å². The van der Waals surface area contributed by atoms with Crippen LogP contribution in [0.25, 0.3) is 0 Å². The van der Waals surface area contributed by atoms with Crippen LogP contribution in [0.1, 0.15) is 30.7 Å². The van der Waals surface area contributed by atoms with E-state index < -0.39 is 0 Å². The molecule has 1 amide bonds. The minimum Gasteiger partial charge on any atom is -0.339 e. The molecule has 104 valence electrons. The van der Waals surface area contributed by atoms with Gasteiger partial charge < -0.3 is 10.2 Å². The number of carbonyl (C=O) groups excluding carboxylic acids is 1. The number of nitrogens with one attached hydrogen (secondary N) is 1. The van der Waals surface area contributed by atoms with Crippen molar-refractivity contribution in [1.82, 2.24) is 20.5 Å². The summed E-state index contributed by atoms with van der Waals surface area (Å²) in [5.41, 5.74) is 1.79. The molecule has 1 aliphatic carbocycles. The van der Waals surface area contributed by atoms with Crippen molar-refractivity contribution in [2.45, 2.75) is 32.7 Å². The monoisotopic (exact) mass is 264 g/mol. The average Bonchev–Trinajstić information content (AvgIpc) is 2.94. The fourth-order valence-corrected chi connectivity index (χ4v) is 3.14. The maximum atomic E-state index is 12.4. The molecule has 0 bridgehead atoms. The molecule has 1 saturated heterocycles. The minimum atomic E-state index is 0.208. The average molecular weight is 264 g/mol. The molecular weight excluding hydrogens is 244 g/mol. The van der Waals surface area contributed by atoms with E-state index in [0.29, 0.717) is 6.54 Å². The molecular formula is C13H20N4O2. The second kappa shape index (κ2) is 4.59. The molecule has 2 aliphatic rings. The van der Waals surface area contributed by atoms with Crippen LogP contribution in [0.4, 0.5) is 0 Å². The predicted octanol–water partition coefficient (Wildman–Crippen LogP) is 0.726. The van der Waals surface area contributed by atoms with Gasteiger partial charge in [-0.1, -0.05) is 10.3 Å². The van der Waals surface area contributed by atoms with Gasteiger partial charge in [0.05, 0.1) is 6.54 Å². The molecule has 1 N–H and O–H groups in total. The van der Waals surface area contributed by atoms with Crippen molar-refractivity contribution in [2.24, 2.45) is 11.3 Å². The summed E-state index contributed by atoms with van der Waals surface area (Å²) < 4.78 is 4.67. The van der Waals surface area contributed by atoms with Gasteiger partial charge in [-0.15, -0.1) is 0 Å². The van der Waals surface area contributed by atoms with Crippen molar-refractivity contribution in [3.05, 3.63) is 11.4 Å². The fraction of sp³-hybridized carbons (Fsp3) is 0.769. The van der Waals surface area contributed by atoms with Crippen LogP contribution in [0, 0.1) is 18.3 Å². The number of nitrogens with zero attached hydrogens (tertiary/aromatic N) is 3. The van der Waals surface area contributed by atoms with E-state index >= 15 is 0 Å². The van der Waals surface area contributed by atoms with Crippen LogP contribution in [0.2, 0.25) is 0 Å². The normalized spacial score (nSPS) is 24.4. The van der Waals surface area contributed by atoms with E-state index in [9.17, 15) is 4.79 Å². The Morgan fingerprint density at radius 3 is 2.84 bits per heavy atom. The molecule has 1 aliphatic heterocycles. The molecule has 2 heterocycles. The van der Waals surface area contributed by atoms with Crippen LogP contribution < -0.4 is 5.32 Å². The third kappa shape index (κ3) is 2.25. The fourth-order valence-electron chi connectivity index (χ4n) is 3.14. The van der Waals surface area contributed by atoms with Crippen molar-refractivity contribution in [3.8, 4) is 0 Å². The lowest BCUT2D eigenvalue weighted by Gasteiger charge is -2.24. The Labute approximate surface area is 112 Å². The van der Waals surface area contributed by atoms with Gasteiger partial charge in [-0.3, -0.25) is 4.79 Å². The molecule has 6 nitrogen and oxygen atoms in total. The van der Waals surface area contributed by atoms with Crippen LogP contribution in [0.5, 0.6) is 0 Å². The first-order valence-electron chi connectivity index (χ1n) is 6.86. The summed E-state index contributed by atoms with van der Waals surface area (Å²) in [4.78, 5) is 14.2.